The van der Waals surface area contributed by atoms with Gasteiger partial charge in [0.25, 0.3) is 5.91 Å². The summed E-state index contributed by atoms with van der Waals surface area (Å²) >= 11 is 0.183. The highest BCUT2D eigenvalue weighted by molar-refractivity contribution is 7.15. The average molecular weight is 722 g/mol. The van der Waals surface area contributed by atoms with E-state index in [4.69, 9.17) is 0 Å². The van der Waals surface area contributed by atoms with Crippen LogP contribution in [-0.2, 0) is 15.8 Å². The number of amides is 5. The monoisotopic (exact) mass is 721 g/mol. The summed E-state index contributed by atoms with van der Waals surface area (Å²) in [7, 11) is 0. The van der Waals surface area contributed by atoms with E-state index in [1.54, 1.807) is 0 Å². The van der Waals surface area contributed by atoms with E-state index in [9.17, 15) is 32.3 Å². The fourth-order valence-corrected chi connectivity index (χ4v) is 6.67. The minimum Gasteiger partial charge on any atom is -0.350 e. The fourth-order valence-electron chi connectivity index (χ4n) is 6.06. The van der Waals surface area contributed by atoms with Gasteiger partial charge in [0.2, 0.25) is 22.0 Å². The summed E-state index contributed by atoms with van der Waals surface area (Å²) in [6, 6.07) is 20.9. The van der Waals surface area contributed by atoms with Gasteiger partial charge < -0.3 is 20.9 Å². The number of halogens is 3. The number of benzene rings is 3. The normalized spacial score (nSPS) is 18.1. The number of likely N-dealkylation sites (tertiary alicyclic amines) is 1. The smallest absolute Gasteiger partial charge is 0.350 e. The average Bonchev–Trinajstić information content (AvgIpc) is 3.50. The number of carbonyl (C=O) groups is 4. The molecule has 5 amide bonds. The Labute approximate surface area is 297 Å². The number of alkyl halides is 3. The number of anilines is 2. The zero-order valence-corrected chi connectivity index (χ0v) is 29.2. The molecule has 11 nitrogen and oxygen atoms in total. The van der Waals surface area contributed by atoms with Crippen molar-refractivity contribution in [1.82, 2.24) is 25.7 Å². The van der Waals surface area contributed by atoms with Crippen LogP contribution in [0.25, 0.3) is 0 Å². The highest BCUT2D eigenvalue weighted by Gasteiger charge is 2.40. The van der Waals surface area contributed by atoms with Crippen molar-refractivity contribution in [1.29, 1.82) is 0 Å². The molecule has 3 unspecified atom stereocenters. The van der Waals surface area contributed by atoms with Crippen molar-refractivity contribution >= 4 is 45.9 Å². The first-order chi connectivity index (χ1) is 24.1. The van der Waals surface area contributed by atoms with Gasteiger partial charge in [0.05, 0.1) is 6.04 Å². The van der Waals surface area contributed by atoms with Crippen molar-refractivity contribution in [2.75, 3.05) is 17.2 Å². The number of carbonyl (C=O) groups excluding carboxylic acids is 4. The Morgan fingerprint density at radius 1 is 0.902 bits per heavy atom. The van der Waals surface area contributed by atoms with Crippen LogP contribution >= 0.6 is 11.3 Å². The van der Waals surface area contributed by atoms with Gasteiger partial charge in [-0.2, -0.15) is 13.2 Å². The molecule has 1 fully saturated rings. The number of hydrogen-bond acceptors (Lipinski definition) is 7. The molecule has 1 aliphatic rings. The maximum atomic E-state index is 14.4. The first kappa shape index (κ1) is 37.0. The third kappa shape index (κ3) is 9.69. The lowest BCUT2D eigenvalue weighted by atomic mass is 9.84. The number of rotatable bonds is 8. The Morgan fingerprint density at radius 3 is 2.27 bits per heavy atom. The quantitative estimate of drug-likeness (QED) is 0.160. The number of aryl methyl sites for hydroxylation is 1. The molecule has 1 aliphatic heterocycles. The third-order valence-corrected chi connectivity index (χ3v) is 9.09. The van der Waals surface area contributed by atoms with Crippen molar-refractivity contribution in [3.63, 3.8) is 0 Å². The van der Waals surface area contributed by atoms with Crippen molar-refractivity contribution < 1.29 is 32.3 Å². The van der Waals surface area contributed by atoms with Crippen LogP contribution in [0.3, 0.4) is 0 Å². The summed E-state index contributed by atoms with van der Waals surface area (Å²) in [6.07, 6.45) is -3.95. The van der Waals surface area contributed by atoms with E-state index in [2.05, 4.69) is 31.5 Å². The summed E-state index contributed by atoms with van der Waals surface area (Å²) in [5, 5.41) is 15.6. The van der Waals surface area contributed by atoms with Crippen molar-refractivity contribution in [2.45, 2.75) is 70.3 Å². The number of aromatic nitrogens is 2. The number of hydrogen-bond donors (Lipinski definition) is 4. The van der Waals surface area contributed by atoms with E-state index in [0.717, 1.165) is 16.7 Å². The minimum atomic E-state index is -4.70. The maximum Gasteiger partial charge on any atom is 0.445 e. The largest absolute Gasteiger partial charge is 0.445 e. The van der Waals surface area contributed by atoms with Gasteiger partial charge in [-0.15, -0.1) is 10.2 Å². The summed E-state index contributed by atoms with van der Waals surface area (Å²) in [5.74, 6) is -1.71. The molecule has 4 aromatic rings. The molecule has 2 heterocycles. The van der Waals surface area contributed by atoms with Crippen LogP contribution < -0.4 is 21.3 Å². The molecule has 0 radical (unpaired) electrons. The zero-order chi connectivity index (χ0) is 36.9. The van der Waals surface area contributed by atoms with Crippen LogP contribution in [0.1, 0.15) is 77.6 Å². The molecule has 15 heteroatoms. The second kappa shape index (κ2) is 15.3. The van der Waals surface area contributed by atoms with Crippen LogP contribution in [0, 0.1) is 6.92 Å². The molecule has 268 valence electrons. The molecule has 1 aromatic heterocycles. The van der Waals surface area contributed by atoms with Gasteiger partial charge in [0.15, 0.2) is 0 Å². The molecule has 0 spiro atoms. The Morgan fingerprint density at radius 2 is 1.61 bits per heavy atom. The Balaban J connectivity index is 1.39. The maximum absolute atomic E-state index is 14.4. The lowest BCUT2D eigenvalue weighted by Crippen LogP contribution is -2.53. The summed E-state index contributed by atoms with van der Waals surface area (Å²) in [6.45, 7) is 7.32. The standard InChI is InChI=1S/C36H38F3N7O4S/c1-21-11-8-9-16-26(21)24-18-27(31(49)46(20-29(47)43-35(2,3)4)28(19-24)22-12-6-5-7-13-22)41-33(50)40-25-15-10-14-23(17-25)30(48)42-34-45-44-32(51-34)36(37,38)39/h5-17,24,27-28H,18-20H2,1-4H3,(H,43,47)(H2,40,41,50)(H,42,45,48). The lowest BCUT2D eigenvalue weighted by molar-refractivity contribution is -0.139. The third-order valence-electron chi connectivity index (χ3n) is 8.20. The van der Waals surface area contributed by atoms with Crippen LogP contribution in [0.15, 0.2) is 78.9 Å². The highest BCUT2D eigenvalue weighted by Crippen LogP contribution is 2.40. The molecule has 5 rings (SSSR count). The predicted molar refractivity (Wildman–Crippen MR) is 187 cm³/mol. The van der Waals surface area contributed by atoms with Crippen LogP contribution in [0.5, 0.6) is 0 Å². The van der Waals surface area contributed by atoms with Crippen molar-refractivity contribution in [3.05, 3.63) is 106 Å². The van der Waals surface area contributed by atoms with E-state index in [-0.39, 0.29) is 52.5 Å². The summed E-state index contributed by atoms with van der Waals surface area (Å²) in [5.41, 5.74) is 2.59. The van der Waals surface area contributed by atoms with Gasteiger partial charge in [-0.1, -0.05) is 72.0 Å². The molecular formula is C36H38F3N7O4S. The number of nitrogens with zero attached hydrogens (tertiary/aromatic N) is 3. The topological polar surface area (TPSA) is 145 Å². The SMILES string of the molecule is Cc1ccccc1C1CC(NC(=O)Nc2cccc(C(=O)Nc3nnc(C(F)(F)F)s3)c2)C(=O)N(CC(=O)NC(C)(C)C)C(c2ccccc2)C1. The summed E-state index contributed by atoms with van der Waals surface area (Å²) < 4.78 is 38.8. The molecule has 51 heavy (non-hydrogen) atoms. The molecule has 3 atom stereocenters. The minimum absolute atomic E-state index is 0.0310. The van der Waals surface area contributed by atoms with Gasteiger partial charge in [0.1, 0.15) is 12.6 Å². The number of nitrogens with one attached hydrogen (secondary N) is 4. The van der Waals surface area contributed by atoms with E-state index in [1.165, 1.54) is 29.2 Å². The molecule has 4 N–H and O–H groups in total. The van der Waals surface area contributed by atoms with E-state index >= 15 is 0 Å². The molecule has 0 bridgehead atoms. The first-order valence-electron chi connectivity index (χ1n) is 16.2. The Kier molecular flexibility index (Phi) is 11.1. The molecule has 3 aromatic carbocycles. The van der Waals surface area contributed by atoms with Crippen molar-refractivity contribution in [3.8, 4) is 0 Å². The molecular weight excluding hydrogens is 684 g/mol. The number of urea groups is 1. The van der Waals surface area contributed by atoms with Crippen molar-refractivity contribution in [2.24, 2.45) is 0 Å². The van der Waals surface area contributed by atoms with Crippen LogP contribution in [0.2, 0.25) is 0 Å². The fraction of sp³-hybridized carbons (Fsp3) is 0.333. The van der Waals surface area contributed by atoms with Gasteiger partial charge in [-0.3, -0.25) is 19.7 Å². The van der Waals surface area contributed by atoms with Crippen LogP contribution in [0.4, 0.5) is 28.8 Å². The Bertz CT molecular complexity index is 1900. The van der Waals surface area contributed by atoms with Crippen LogP contribution in [-0.4, -0.2) is 57.0 Å². The second-order valence-electron chi connectivity index (χ2n) is 13.3. The van der Waals surface area contributed by atoms with Gasteiger partial charge in [-0.05, 0) is 81.3 Å². The molecule has 0 aliphatic carbocycles. The zero-order valence-electron chi connectivity index (χ0n) is 28.4. The van der Waals surface area contributed by atoms with E-state index < -0.39 is 46.7 Å². The van der Waals surface area contributed by atoms with E-state index in [1.807, 2.05) is 82.3 Å². The Hall–Kier alpha value is -5.31. The molecule has 1 saturated heterocycles. The predicted octanol–water partition coefficient (Wildman–Crippen LogP) is 6.67. The molecule has 0 saturated carbocycles. The summed E-state index contributed by atoms with van der Waals surface area (Å²) in [4.78, 5) is 55.5. The van der Waals surface area contributed by atoms with Gasteiger partial charge in [0, 0.05) is 16.8 Å². The van der Waals surface area contributed by atoms with Gasteiger partial charge in [-0.25, -0.2) is 4.79 Å². The first-order valence-corrected chi connectivity index (χ1v) is 17.0. The van der Waals surface area contributed by atoms with E-state index in [0.29, 0.717) is 6.42 Å². The second-order valence-corrected chi connectivity index (χ2v) is 14.3. The van der Waals surface area contributed by atoms with Gasteiger partial charge >= 0.3 is 12.2 Å². The lowest BCUT2D eigenvalue weighted by Gasteiger charge is -2.33. The highest BCUT2D eigenvalue weighted by atomic mass is 32.1.